The lowest BCUT2D eigenvalue weighted by Crippen LogP contribution is -2.26. The number of hydrogen-bond donors (Lipinski definition) is 1. The molecule has 0 saturated carbocycles. The van der Waals surface area contributed by atoms with Gasteiger partial charge in [0.25, 0.3) is 11.5 Å². The van der Waals surface area contributed by atoms with Gasteiger partial charge in [-0.15, -0.1) is 11.3 Å². The zero-order chi connectivity index (χ0) is 18.1. The number of hydrogen-bond acceptors (Lipinski definition) is 5. The van der Waals surface area contributed by atoms with E-state index in [0.29, 0.717) is 17.3 Å². The Morgan fingerprint density at radius 3 is 2.85 bits per heavy atom. The number of nitrogens with one attached hydrogen (secondary N) is 1. The molecule has 7 nitrogen and oxygen atoms in total. The number of rotatable bonds is 4. The minimum atomic E-state index is -0.513. The number of aromatic nitrogens is 4. The molecule has 4 rings (SSSR count). The molecule has 3 heterocycles. The van der Waals surface area contributed by atoms with E-state index in [1.165, 1.54) is 21.9 Å². The van der Waals surface area contributed by atoms with Crippen LogP contribution in [0.5, 0.6) is 0 Å². The smallest absolute Gasteiger partial charge is 0.271 e. The normalized spacial score (nSPS) is 11.0. The van der Waals surface area contributed by atoms with Gasteiger partial charge in [0, 0.05) is 28.3 Å². The van der Waals surface area contributed by atoms with Crippen LogP contribution in [0.1, 0.15) is 15.9 Å². The highest BCUT2D eigenvalue weighted by Crippen LogP contribution is 2.14. The molecule has 9 heteroatoms. The molecule has 0 radical (unpaired) electrons. The molecule has 0 aliphatic carbocycles. The fraction of sp³-hybridized carbons (Fsp3) is 0.0588. The summed E-state index contributed by atoms with van der Waals surface area (Å²) in [4.78, 5) is 29.6. The summed E-state index contributed by atoms with van der Waals surface area (Å²) in [6, 6.07) is 9.51. The van der Waals surface area contributed by atoms with Gasteiger partial charge < -0.3 is 5.32 Å². The minimum Gasteiger partial charge on any atom is -0.307 e. The Bertz CT molecular complexity index is 1150. The summed E-state index contributed by atoms with van der Waals surface area (Å²) < 4.78 is 4.01. The number of benzene rings is 1. The first-order valence-corrected chi connectivity index (χ1v) is 9.31. The van der Waals surface area contributed by atoms with Gasteiger partial charge in [-0.2, -0.15) is 5.10 Å². The largest absolute Gasteiger partial charge is 0.307 e. The number of amides is 1. The third kappa shape index (κ3) is 3.18. The number of thiazole rings is 1. The molecule has 0 aliphatic rings. The zero-order valence-corrected chi connectivity index (χ0v) is 15.7. The first kappa shape index (κ1) is 16.7. The third-order valence-corrected chi connectivity index (χ3v) is 5.09. The molecule has 1 aromatic carbocycles. The van der Waals surface area contributed by atoms with Crippen LogP contribution >= 0.6 is 27.3 Å². The van der Waals surface area contributed by atoms with Crippen LogP contribution in [0.3, 0.4) is 0 Å². The van der Waals surface area contributed by atoms with Crippen molar-refractivity contribution in [2.75, 3.05) is 5.32 Å². The summed E-state index contributed by atoms with van der Waals surface area (Å²) in [6.45, 7) is 0.497. The number of carbonyl (C=O) groups is 1. The second-order valence-electron chi connectivity index (χ2n) is 5.49. The van der Waals surface area contributed by atoms with Crippen molar-refractivity contribution >= 4 is 44.0 Å². The predicted molar refractivity (Wildman–Crippen MR) is 103 cm³/mol. The molecule has 0 spiro atoms. The van der Waals surface area contributed by atoms with E-state index in [2.05, 4.69) is 31.3 Å². The van der Waals surface area contributed by atoms with Crippen LogP contribution in [-0.4, -0.2) is 25.1 Å². The van der Waals surface area contributed by atoms with E-state index in [1.54, 1.807) is 28.5 Å². The quantitative estimate of drug-likeness (QED) is 0.540. The lowest BCUT2D eigenvalue weighted by Gasteiger charge is -2.09. The average Bonchev–Trinajstić information content (AvgIpc) is 3.27. The van der Waals surface area contributed by atoms with E-state index in [9.17, 15) is 9.59 Å². The highest BCUT2D eigenvalue weighted by atomic mass is 79.9. The van der Waals surface area contributed by atoms with Crippen molar-refractivity contribution < 1.29 is 4.79 Å². The van der Waals surface area contributed by atoms with E-state index in [0.717, 1.165) is 10.0 Å². The van der Waals surface area contributed by atoms with Gasteiger partial charge in [0.1, 0.15) is 11.4 Å². The van der Waals surface area contributed by atoms with Gasteiger partial charge >= 0.3 is 0 Å². The van der Waals surface area contributed by atoms with Crippen molar-refractivity contribution in [2.24, 2.45) is 0 Å². The number of halogens is 1. The number of anilines is 1. The van der Waals surface area contributed by atoms with Crippen molar-refractivity contribution in [3.8, 4) is 0 Å². The second-order valence-corrected chi connectivity index (χ2v) is 7.28. The Morgan fingerprint density at radius 1 is 1.23 bits per heavy atom. The van der Waals surface area contributed by atoms with Gasteiger partial charge in [-0.05, 0) is 17.7 Å². The SMILES string of the molecule is O=C(Nc1ccnn1Cc1ccc(Br)cc1)c1cnc2sccn2c1=O. The van der Waals surface area contributed by atoms with E-state index in [-0.39, 0.29) is 5.56 Å². The van der Waals surface area contributed by atoms with E-state index in [1.807, 2.05) is 24.3 Å². The fourth-order valence-corrected chi connectivity index (χ4v) is 3.43. The van der Waals surface area contributed by atoms with Crippen molar-refractivity contribution in [3.05, 3.63) is 80.3 Å². The predicted octanol–water partition coefficient (Wildman–Crippen LogP) is 3.02. The molecule has 1 amide bonds. The summed E-state index contributed by atoms with van der Waals surface area (Å²) in [6.07, 6.45) is 4.50. The number of carbonyl (C=O) groups excluding carboxylic acids is 1. The summed E-state index contributed by atoms with van der Waals surface area (Å²) >= 11 is 4.74. The maximum atomic E-state index is 12.5. The Balaban J connectivity index is 1.58. The molecule has 0 bridgehead atoms. The molecule has 1 N–H and O–H groups in total. The van der Waals surface area contributed by atoms with E-state index >= 15 is 0 Å². The molecule has 0 aliphatic heterocycles. The van der Waals surface area contributed by atoms with Crippen LogP contribution < -0.4 is 10.9 Å². The first-order chi connectivity index (χ1) is 12.6. The van der Waals surface area contributed by atoms with E-state index < -0.39 is 11.5 Å². The maximum absolute atomic E-state index is 12.5. The molecular weight excluding hydrogens is 418 g/mol. The second kappa shape index (κ2) is 6.85. The summed E-state index contributed by atoms with van der Waals surface area (Å²) in [5.74, 6) is -0.00612. The summed E-state index contributed by atoms with van der Waals surface area (Å²) in [5, 5.41) is 8.72. The lowest BCUT2D eigenvalue weighted by molar-refractivity contribution is 0.102. The van der Waals surface area contributed by atoms with Crippen molar-refractivity contribution in [3.63, 3.8) is 0 Å². The van der Waals surface area contributed by atoms with Crippen LogP contribution in [0.2, 0.25) is 0 Å². The van der Waals surface area contributed by atoms with Gasteiger partial charge in [-0.25, -0.2) is 9.67 Å². The van der Waals surface area contributed by atoms with Gasteiger partial charge in [0.15, 0.2) is 4.96 Å². The van der Waals surface area contributed by atoms with Gasteiger partial charge in [-0.1, -0.05) is 28.1 Å². The van der Waals surface area contributed by atoms with Gasteiger partial charge in [0.2, 0.25) is 0 Å². The minimum absolute atomic E-state index is 0.0164. The van der Waals surface area contributed by atoms with Gasteiger partial charge in [0.05, 0.1) is 12.7 Å². The first-order valence-electron chi connectivity index (χ1n) is 7.64. The van der Waals surface area contributed by atoms with Crippen molar-refractivity contribution in [1.29, 1.82) is 0 Å². The monoisotopic (exact) mass is 429 g/mol. The Kier molecular flexibility index (Phi) is 4.39. The van der Waals surface area contributed by atoms with Crippen LogP contribution in [0, 0.1) is 0 Å². The van der Waals surface area contributed by atoms with Crippen LogP contribution in [-0.2, 0) is 6.54 Å². The highest BCUT2D eigenvalue weighted by Gasteiger charge is 2.16. The van der Waals surface area contributed by atoms with Crippen LogP contribution in [0.25, 0.3) is 4.96 Å². The maximum Gasteiger partial charge on any atom is 0.271 e. The molecule has 0 unspecified atom stereocenters. The lowest BCUT2D eigenvalue weighted by atomic mass is 10.2. The van der Waals surface area contributed by atoms with Gasteiger partial charge in [-0.3, -0.25) is 14.0 Å². The molecule has 130 valence electrons. The molecule has 3 aromatic heterocycles. The van der Waals surface area contributed by atoms with E-state index in [4.69, 9.17) is 0 Å². The summed E-state index contributed by atoms with van der Waals surface area (Å²) in [5.41, 5.74) is 0.624. The van der Waals surface area contributed by atoms with Crippen molar-refractivity contribution in [1.82, 2.24) is 19.2 Å². The topological polar surface area (TPSA) is 81.3 Å². The molecule has 0 fully saturated rings. The highest BCUT2D eigenvalue weighted by molar-refractivity contribution is 9.10. The van der Waals surface area contributed by atoms with Crippen LogP contribution in [0.4, 0.5) is 5.82 Å². The summed E-state index contributed by atoms with van der Waals surface area (Å²) in [7, 11) is 0. The molecule has 0 saturated heterocycles. The standard InChI is InChI=1S/C17H12BrN5O2S/c18-12-3-1-11(2-4-12)10-23-14(5-6-20-23)21-15(24)13-9-19-17-22(16(13)25)7-8-26-17/h1-9H,10H2,(H,21,24). The average molecular weight is 430 g/mol. The van der Waals surface area contributed by atoms with Crippen LogP contribution in [0.15, 0.2) is 63.6 Å². The molecular formula is C17H12BrN5O2S. The molecule has 0 atom stereocenters. The Hall–Kier alpha value is -2.78. The Labute approximate surface area is 160 Å². The Morgan fingerprint density at radius 2 is 2.04 bits per heavy atom. The molecule has 26 heavy (non-hydrogen) atoms. The fourth-order valence-electron chi connectivity index (χ4n) is 2.49. The zero-order valence-electron chi connectivity index (χ0n) is 13.3. The molecule has 4 aromatic rings. The van der Waals surface area contributed by atoms with Crippen molar-refractivity contribution in [2.45, 2.75) is 6.54 Å². The number of nitrogens with zero attached hydrogens (tertiary/aromatic N) is 4. The number of fused-ring (bicyclic) bond motifs is 1. The third-order valence-electron chi connectivity index (χ3n) is 3.79.